The Morgan fingerprint density at radius 3 is 2.71 bits per heavy atom. The molecule has 0 spiro atoms. The smallest absolute Gasteiger partial charge is 0.231 e. The number of carbonyl (C=O) groups excluding carboxylic acids is 1. The number of alkyl halides is 1. The first-order valence-electron chi connectivity index (χ1n) is 3.88. The number of benzene rings is 1. The molecule has 0 heterocycles. The maximum atomic E-state index is 13.3. The van der Waals surface area contributed by atoms with E-state index in [-0.39, 0.29) is 12.2 Å². The third-order valence-electron chi connectivity index (χ3n) is 1.72. The first-order valence-corrected chi connectivity index (χ1v) is 5.59. The quantitative estimate of drug-likeness (QED) is 0.852. The zero-order chi connectivity index (χ0) is 10.7. The van der Waals surface area contributed by atoms with Gasteiger partial charge in [0, 0.05) is 4.47 Å². The lowest BCUT2D eigenvalue weighted by molar-refractivity contribution is -0.117. The van der Waals surface area contributed by atoms with Crippen molar-refractivity contribution in [3.63, 3.8) is 0 Å². The van der Waals surface area contributed by atoms with Gasteiger partial charge in [-0.2, -0.15) is 0 Å². The maximum Gasteiger partial charge on any atom is 0.231 e. The molecule has 0 saturated heterocycles. The molecule has 0 fully saturated rings. The normalized spacial score (nSPS) is 12.5. The number of nitrogens with two attached hydrogens (primary N) is 1. The van der Waals surface area contributed by atoms with E-state index < -0.39 is 10.7 Å². The monoisotopic (exact) mass is 323 g/mol. The van der Waals surface area contributed by atoms with Crippen molar-refractivity contribution < 1.29 is 9.18 Å². The highest BCUT2D eigenvalue weighted by Gasteiger charge is 2.14. The predicted molar refractivity (Wildman–Crippen MR) is 59.7 cm³/mol. The van der Waals surface area contributed by atoms with Gasteiger partial charge in [0.1, 0.15) is 5.82 Å². The highest BCUT2D eigenvalue weighted by Crippen LogP contribution is 2.18. The number of hydrogen-bond donors (Lipinski definition) is 1. The van der Waals surface area contributed by atoms with Gasteiger partial charge in [0.2, 0.25) is 5.91 Å². The summed E-state index contributed by atoms with van der Waals surface area (Å²) >= 11 is 6.23. The van der Waals surface area contributed by atoms with Crippen LogP contribution >= 0.6 is 31.9 Å². The second-order valence-electron chi connectivity index (χ2n) is 2.81. The molecule has 1 aromatic rings. The van der Waals surface area contributed by atoms with Gasteiger partial charge in [-0.05, 0) is 24.1 Å². The molecule has 1 unspecified atom stereocenters. The molecular weight excluding hydrogens is 317 g/mol. The summed E-state index contributed by atoms with van der Waals surface area (Å²) in [6.07, 6.45) is 0.258. The lowest BCUT2D eigenvalue weighted by Gasteiger charge is -2.06. The molecule has 1 aromatic carbocycles. The first kappa shape index (κ1) is 11.7. The van der Waals surface area contributed by atoms with Crippen LogP contribution in [-0.2, 0) is 11.2 Å². The molecule has 76 valence electrons. The van der Waals surface area contributed by atoms with Crippen molar-refractivity contribution in [3.05, 3.63) is 34.1 Å². The van der Waals surface area contributed by atoms with E-state index in [1.807, 2.05) is 0 Å². The SMILES string of the molecule is NC(=O)C(Br)Cc1ccc(Br)cc1F. The molecule has 0 bridgehead atoms. The Kier molecular flexibility index (Phi) is 4.07. The number of primary amides is 1. The van der Waals surface area contributed by atoms with Crippen molar-refractivity contribution in [2.45, 2.75) is 11.2 Å². The van der Waals surface area contributed by atoms with Crippen LogP contribution in [0.4, 0.5) is 4.39 Å². The van der Waals surface area contributed by atoms with Gasteiger partial charge in [-0.25, -0.2) is 4.39 Å². The molecule has 0 aliphatic heterocycles. The Morgan fingerprint density at radius 1 is 1.57 bits per heavy atom. The van der Waals surface area contributed by atoms with Gasteiger partial charge in [-0.1, -0.05) is 37.9 Å². The van der Waals surface area contributed by atoms with Crippen LogP contribution in [-0.4, -0.2) is 10.7 Å². The van der Waals surface area contributed by atoms with Gasteiger partial charge in [0.15, 0.2) is 0 Å². The Balaban J connectivity index is 2.82. The minimum atomic E-state index is -0.529. The third kappa shape index (κ3) is 3.06. The topological polar surface area (TPSA) is 43.1 Å². The van der Waals surface area contributed by atoms with Crippen LogP contribution in [0.2, 0.25) is 0 Å². The summed E-state index contributed by atoms with van der Waals surface area (Å²) in [5.41, 5.74) is 5.51. The standard InChI is InChI=1S/C9H8Br2FNO/c10-6-2-1-5(8(12)4-6)3-7(11)9(13)14/h1-2,4,7H,3H2,(H2,13,14). The summed E-state index contributed by atoms with van der Waals surface area (Å²) < 4.78 is 13.9. The van der Waals surface area contributed by atoms with Crippen LogP contribution in [0.25, 0.3) is 0 Å². The van der Waals surface area contributed by atoms with E-state index in [1.54, 1.807) is 12.1 Å². The van der Waals surface area contributed by atoms with E-state index in [0.29, 0.717) is 10.0 Å². The first-order chi connectivity index (χ1) is 6.50. The average Bonchev–Trinajstić information content (AvgIpc) is 2.09. The highest BCUT2D eigenvalue weighted by molar-refractivity contribution is 9.10. The zero-order valence-electron chi connectivity index (χ0n) is 7.14. The lowest BCUT2D eigenvalue weighted by Crippen LogP contribution is -2.25. The number of amides is 1. The van der Waals surface area contributed by atoms with E-state index in [4.69, 9.17) is 5.73 Å². The molecule has 0 saturated carbocycles. The van der Waals surface area contributed by atoms with Crippen LogP contribution < -0.4 is 5.73 Å². The molecule has 1 amide bonds. The van der Waals surface area contributed by atoms with Gasteiger partial charge in [-0.3, -0.25) is 4.79 Å². The molecule has 2 N–H and O–H groups in total. The number of carbonyl (C=O) groups is 1. The van der Waals surface area contributed by atoms with E-state index in [1.165, 1.54) is 6.07 Å². The van der Waals surface area contributed by atoms with Crippen molar-refractivity contribution >= 4 is 37.8 Å². The van der Waals surface area contributed by atoms with Crippen molar-refractivity contribution in [2.24, 2.45) is 5.73 Å². The number of rotatable bonds is 3. The molecule has 0 aliphatic carbocycles. The molecule has 0 aromatic heterocycles. The molecule has 0 radical (unpaired) electrons. The van der Waals surface area contributed by atoms with Gasteiger partial charge >= 0.3 is 0 Å². The molecular formula is C9H8Br2FNO. The van der Waals surface area contributed by atoms with Crippen LogP contribution in [0.5, 0.6) is 0 Å². The van der Waals surface area contributed by atoms with E-state index in [9.17, 15) is 9.18 Å². The summed E-state index contributed by atoms with van der Waals surface area (Å²) in [4.78, 5) is 10.2. The van der Waals surface area contributed by atoms with Crippen LogP contribution in [0.1, 0.15) is 5.56 Å². The molecule has 2 nitrogen and oxygen atoms in total. The van der Waals surface area contributed by atoms with Gasteiger partial charge in [0.25, 0.3) is 0 Å². The highest BCUT2D eigenvalue weighted by atomic mass is 79.9. The molecule has 1 rings (SSSR count). The lowest BCUT2D eigenvalue weighted by atomic mass is 10.1. The van der Waals surface area contributed by atoms with Crippen molar-refractivity contribution in [1.82, 2.24) is 0 Å². The summed E-state index contributed by atoms with van der Waals surface area (Å²) in [6.45, 7) is 0. The fourth-order valence-electron chi connectivity index (χ4n) is 0.981. The minimum Gasteiger partial charge on any atom is -0.369 e. The van der Waals surface area contributed by atoms with E-state index in [2.05, 4.69) is 31.9 Å². The predicted octanol–water partition coefficient (Wildman–Crippen LogP) is 2.38. The van der Waals surface area contributed by atoms with E-state index >= 15 is 0 Å². The fraction of sp³-hybridized carbons (Fsp3) is 0.222. The summed E-state index contributed by atoms with van der Waals surface area (Å²) in [5, 5.41) is 0. The maximum absolute atomic E-state index is 13.3. The fourth-order valence-corrected chi connectivity index (χ4v) is 1.66. The molecule has 1 atom stereocenters. The summed E-state index contributed by atoms with van der Waals surface area (Å²) in [5.74, 6) is -0.836. The Hall–Kier alpha value is -0.420. The third-order valence-corrected chi connectivity index (χ3v) is 2.99. The molecule has 5 heteroatoms. The van der Waals surface area contributed by atoms with Crippen LogP contribution in [0, 0.1) is 5.82 Å². The van der Waals surface area contributed by atoms with Crippen LogP contribution in [0.15, 0.2) is 22.7 Å². The Bertz CT molecular complexity index is 357. The zero-order valence-corrected chi connectivity index (χ0v) is 10.3. The molecule has 0 aliphatic rings. The summed E-state index contributed by atoms with van der Waals surface area (Å²) in [7, 11) is 0. The Labute approximate surface area is 97.9 Å². The number of halogens is 3. The summed E-state index contributed by atoms with van der Waals surface area (Å²) in [6, 6.07) is 4.70. The minimum absolute atomic E-state index is 0.258. The second-order valence-corrected chi connectivity index (χ2v) is 4.83. The second kappa shape index (κ2) is 4.89. The van der Waals surface area contributed by atoms with E-state index in [0.717, 1.165) is 0 Å². The largest absolute Gasteiger partial charge is 0.369 e. The Morgan fingerprint density at radius 2 is 2.21 bits per heavy atom. The van der Waals surface area contributed by atoms with Crippen molar-refractivity contribution in [2.75, 3.05) is 0 Å². The van der Waals surface area contributed by atoms with Crippen molar-refractivity contribution in [3.8, 4) is 0 Å². The van der Waals surface area contributed by atoms with Gasteiger partial charge in [0.05, 0.1) is 4.83 Å². The number of hydrogen-bond acceptors (Lipinski definition) is 1. The van der Waals surface area contributed by atoms with Crippen molar-refractivity contribution in [1.29, 1.82) is 0 Å². The molecule has 14 heavy (non-hydrogen) atoms. The van der Waals surface area contributed by atoms with Gasteiger partial charge < -0.3 is 5.73 Å². The van der Waals surface area contributed by atoms with Crippen LogP contribution in [0.3, 0.4) is 0 Å². The van der Waals surface area contributed by atoms with Gasteiger partial charge in [-0.15, -0.1) is 0 Å². The average molecular weight is 325 g/mol.